The van der Waals surface area contributed by atoms with Crippen LogP contribution < -0.4 is 15.5 Å². The highest BCUT2D eigenvalue weighted by atomic mass is 32.2. The van der Waals surface area contributed by atoms with E-state index in [-0.39, 0.29) is 42.9 Å². The summed E-state index contributed by atoms with van der Waals surface area (Å²) in [6, 6.07) is 6.14. The van der Waals surface area contributed by atoms with Crippen LogP contribution in [0.15, 0.2) is 49.1 Å². The largest absolute Gasteiger partial charge is 0.754 e. The molecule has 2 atom stereocenters. The second-order valence-corrected chi connectivity index (χ2v) is 15.1. The number of hydrogen-bond donors (Lipinski definition) is 2. The van der Waals surface area contributed by atoms with Crippen LogP contribution >= 0.6 is 0 Å². The normalized spacial score (nSPS) is 18.5. The fraction of sp³-hybridized carbons (Fsp3) is 0.389. The van der Waals surface area contributed by atoms with Gasteiger partial charge < -0.3 is 19.7 Å². The molecule has 8 rings (SSSR count). The summed E-state index contributed by atoms with van der Waals surface area (Å²) in [6.45, 7) is 6.17. The van der Waals surface area contributed by atoms with Crippen molar-refractivity contribution in [2.75, 3.05) is 30.4 Å². The Morgan fingerprint density at radius 2 is 1.89 bits per heavy atom. The van der Waals surface area contributed by atoms with Crippen molar-refractivity contribution in [3.8, 4) is 11.4 Å². The van der Waals surface area contributed by atoms with Crippen molar-refractivity contribution in [2.24, 2.45) is 0 Å². The molecule has 3 amide bonds. The summed E-state index contributed by atoms with van der Waals surface area (Å²) in [5, 5.41) is 15.3. The number of imide groups is 1. The fourth-order valence-corrected chi connectivity index (χ4v) is 7.91. The molecule has 4 aromatic heterocycles. The quantitative estimate of drug-likeness (QED) is 0.155. The Kier molecular flexibility index (Phi) is 9.60. The average Bonchev–Trinajstić information content (AvgIpc) is 3.89. The van der Waals surface area contributed by atoms with Gasteiger partial charge in [0.05, 0.1) is 40.1 Å². The van der Waals surface area contributed by atoms with Gasteiger partial charge in [0.15, 0.2) is 11.6 Å². The van der Waals surface area contributed by atoms with Crippen molar-refractivity contribution in [2.45, 2.75) is 70.7 Å². The summed E-state index contributed by atoms with van der Waals surface area (Å²) in [5.41, 5.74) is 2.78. The van der Waals surface area contributed by atoms with Crippen molar-refractivity contribution >= 4 is 57.3 Å². The molecule has 3 aliphatic rings. The van der Waals surface area contributed by atoms with Gasteiger partial charge in [-0.3, -0.25) is 33.5 Å². The van der Waals surface area contributed by atoms with Gasteiger partial charge in [-0.2, -0.15) is 14.3 Å². The predicted molar refractivity (Wildman–Crippen MR) is 198 cm³/mol. The minimum Gasteiger partial charge on any atom is -0.754 e. The fourth-order valence-electron chi connectivity index (χ4n) is 7.59. The average molecular weight is 770 g/mol. The van der Waals surface area contributed by atoms with Crippen LogP contribution in [-0.4, -0.2) is 102 Å². The van der Waals surface area contributed by atoms with Crippen LogP contribution in [0.5, 0.6) is 0 Å². The van der Waals surface area contributed by atoms with Crippen molar-refractivity contribution < 1.29 is 27.5 Å². The lowest BCUT2D eigenvalue weighted by Gasteiger charge is -2.37. The number of carbonyl (C=O) groups excluding carboxylic acids is 3. The van der Waals surface area contributed by atoms with E-state index < -0.39 is 34.9 Å². The van der Waals surface area contributed by atoms with E-state index in [1.54, 1.807) is 24.5 Å². The highest BCUT2D eigenvalue weighted by Gasteiger charge is 2.40. The zero-order valence-electron chi connectivity index (χ0n) is 30.3. The minimum absolute atomic E-state index is 0.0672. The van der Waals surface area contributed by atoms with Crippen molar-refractivity contribution in [3.05, 3.63) is 71.6 Å². The maximum Gasteiger partial charge on any atom is 0.255 e. The van der Waals surface area contributed by atoms with E-state index in [0.29, 0.717) is 40.7 Å². The molecule has 2 N–H and O–H groups in total. The number of hydrogen-bond acceptors (Lipinski definition) is 13. The summed E-state index contributed by atoms with van der Waals surface area (Å²) < 4.78 is 40.7. The Hall–Kier alpha value is -5.66. The molecule has 2 fully saturated rings. The first-order valence-electron chi connectivity index (χ1n) is 18.0. The van der Waals surface area contributed by atoms with Crippen LogP contribution in [0.1, 0.15) is 67.1 Å². The summed E-state index contributed by atoms with van der Waals surface area (Å²) >= 11 is -2.53. The number of piperidine rings is 2. The van der Waals surface area contributed by atoms with Gasteiger partial charge in [0.1, 0.15) is 23.5 Å². The molecule has 2 saturated heterocycles. The lowest BCUT2D eigenvalue weighted by Crippen LogP contribution is -2.52. The summed E-state index contributed by atoms with van der Waals surface area (Å²) in [5.74, 6) is 0.469. The topological polar surface area (TPSA) is 199 Å². The molecule has 2 unspecified atom stereocenters. The van der Waals surface area contributed by atoms with E-state index in [0.717, 1.165) is 46.7 Å². The number of benzene rings is 1. The number of amides is 3. The number of rotatable bonds is 10. The highest BCUT2D eigenvalue weighted by Crippen LogP contribution is 2.34. The molecular weight excluding hydrogens is 732 g/mol. The van der Waals surface area contributed by atoms with E-state index in [9.17, 15) is 23.1 Å². The molecule has 0 bridgehead atoms. The van der Waals surface area contributed by atoms with Gasteiger partial charge >= 0.3 is 0 Å². The molecule has 1 aromatic carbocycles. The highest BCUT2D eigenvalue weighted by molar-refractivity contribution is 7.77. The molecule has 7 heterocycles. The predicted octanol–water partition coefficient (Wildman–Crippen LogP) is 3.05. The first-order valence-corrected chi connectivity index (χ1v) is 19.0. The zero-order chi connectivity index (χ0) is 38.5. The third-order valence-electron chi connectivity index (χ3n) is 10.4. The molecule has 17 nitrogen and oxygen atoms in total. The first-order chi connectivity index (χ1) is 26.4. The van der Waals surface area contributed by atoms with Crippen LogP contribution in [0.25, 0.3) is 22.3 Å². The lowest BCUT2D eigenvalue weighted by molar-refractivity contribution is -0.136. The van der Waals surface area contributed by atoms with Gasteiger partial charge in [-0.05, 0) is 63.9 Å². The summed E-state index contributed by atoms with van der Waals surface area (Å²) in [7, 11) is 1.98. The smallest absolute Gasteiger partial charge is 0.255 e. The minimum atomic E-state index is -2.53. The van der Waals surface area contributed by atoms with E-state index in [2.05, 4.69) is 54.3 Å². The number of nitrogens with zero attached hydrogens (tertiary/aromatic N) is 10. The number of pyridine rings is 1. The van der Waals surface area contributed by atoms with Gasteiger partial charge in [-0.1, -0.05) is 0 Å². The first kappa shape index (κ1) is 36.3. The molecule has 0 radical (unpaired) electrons. The Labute approximate surface area is 317 Å². The van der Waals surface area contributed by atoms with E-state index in [1.165, 1.54) is 23.4 Å². The van der Waals surface area contributed by atoms with Crippen molar-refractivity contribution in [1.29, 1.82) is 0 Å². The van der Waals surface area contributed by atoms with Gasteiger partial charge in [0.2, 0.25) is 11.8 Å². The number of carbonyl (C=O) groups is 3. The second kappa shape index (κ2) is 14.5. The molecule has 0 saturated carbocycles. The van der Waals surface area contributed by atoms with Gasteiger partial charge in [0.25, 0.3) is 5.91 Å². The lowest BCUT2D eigenvalue weighted by atomic mass is 10.0. The summed E-state index contributed by atoms with van der Waals surface area (Å²) in [6.07, 6.45) is 8.14. The molecule has 286 valence electrons. The van der Waals surface area contributed by atoms with E-state index in [1.807, 2.05) is 17.8 Å². The maximum atomic E-state index is 15.4. The molecular formula is C36H38FN12O5S-. The number of aromatic nitrogens is 7. The summed E-state index contributed by atoms with van der Waals surface area (Å²) in [4.78, 5) is 56.5. The number of nitrogens with one attached hydrogen (secondary N) is 2. The van der Waals surface area contributed by atoms with Crippen LogP contribution in [-0.2, 0) is 33.9 Å². The van der Waals surface area contributed by atoms with Crippen LogP contribution in [0, 0.1) is 5.82 Å². The van der Waals surface area contributed by atoms with E-state index in [4.69, 9.17) is 5.10 Å². The van der Waals surface area contributed by atoms with Gasteiger partial charge in [0, 0.05) is 74.3 Å². The third-order valence-corrected chi connectivity index (χ3v) is 10.9. The van der Waals surface area contributed by atoms with Crippen LogP contribution in [0.3, 0.4) is 0 Å². The zero-order valence-corrected chi connectivity index (χ0v) is 31.1. The van der Waals surface area contributed by atoms with Crippen LogP contribution in [0.2, 0.25) is 0 Å². The third kappa shape index (κ3) is 7.05. The molecule has 19 heteroatoms. The SMILES string of the molecule is CC(C)n1nc(N2CCC(N(C)Cc3cc4c(cc3F)C(=O)N(C3CCC(=O)NC3=O)C4)CC2)c2cnc(Nc3ccnc(-c4cnn(S(=O)[O-])c4)n3)cc21. The number of anilines is 3. The van der Waals surface area contributed by atoms with Crippen molar-refractivity contribution in [1.82, 2.24) is 49.0 Å². The Balaban J connectivity index is 0.931. The molecule has 5 aromatic rings. The molecule has 0 spiro atoms. The second-order valence-electron chi connectivity index (χ2n) is 14.3. The van der Waals surface area contributed by atoms with E-state index >= 15 is 4.39 Å². The maximum absolute atomic E-state index is 15.4. The number of halogens is 1. The molecule has 3 aliphatic heterocycles. The number of fused-ring (bicyclic) bond motifs is 2. The monoisotopic (exact) mass is 769 g/mol. The standard InChI is InChI=1S/C36H39FN12O5S/c1-20(2)49-29-14-31(41-30-6-9-38-33(42-30)23-15-40-48(19-23)55(53)54)39-16-26(29)34(44-49)46-10-7-24(8-11-46)45(3)17-22-12-21-18-47(36(52)25(21)13-27(22)37)28-4-5-32(50)43-35(28)51/h6,9,12-16,19-20,24,28H,4-5,7-8,10-11,17-18H2,1-3H3,(H,53,54)(H,43,50,51)(H,38,39,41,42)/p-1. The van der Waals surface area contributed by atoms with Gasteiger partial charge in [-0.15, -0.1) is 0 Å². The molecule has 55 heavy (non-hydrogen) atoms. The van der Waals surface area contributed by atoms with Gasteiger partial charge in [-0.25, -0.2) is 19.3 Å². The van der Waals surface area contributed by atoms with Crippen LogP contribution in [0.4, 0.5) is 21.8 Å². The van der Waals surface area contributed by atoms with Crippen molar-refractivity contribution in [3.63, 3.8) is 0 Å². The molecule has 0 aliphatic carbocycles. The Morgan fingerprint density at radius 3 is 2.62 bits per heavy atom. The Bertz CT molecular complexity index is 2360. The Morgan fingerprint density at radius 1 is 1.09 bits per heavy atom.